The summed E-state index contributed by atoms with van der Waals surface area (Å²) < 4.78 is 25.6. The molecule has 2 saturated heterocycles. The average molecular weight is 679 g/mol. The second-order valence-electron chi connectivity index (χ2n) is 11.8. The fourth-order valence-electron chi connectivity index (χ4n) is 6.28. The van der Waals surface area contributed by atoms with Gasteiger partial charge in [0.25, 0.3) is 5.91 Å². The number of nitrogens with zero attached hydrogens (tertiary/aromatic N) is 4. The second-order valence-corrected chi connectivity index (χ2v) is 11.8. The Hall–Kier alpha value is -5.07. The fraction of sp³-hybridized carbons (Fsp3) is 0.444. The van der Waals surface area contributed by atoms with Gasteiger partial charge < -0.3 is 29.3 Å². The van der Waals surface area contributed by atoms with Crippen LogP contribution in [0.4, 0.5) is 9.18 Å². The van der Waals surface area contributed by atoms with E-state index in [1.54, 1.807) is 54.3 Å². The molecule has 1 aromatic heterocycles. The first-order chi connectivity index (χ1) is 23.2. The quantitative estimate of drug-likeness (QED) is 0.258. The van der Waals surface area contributed by atoms with Crippen molar-refractivity contribution in [3.05, 3.63) is 71.7 Å². The molecule has 0 bridgehead atoms. The molecule has 2 aliphatic heterocycles. The van der Waals surface area contributed by atoms with Crippen molar-refractivity contribution in [2.75, 3.05) is 45.9 Å². The summed E-state index contributed by atoms with van der Waals surface area (Å²) in [5, 5.41) is 9.91. The standard InChI is InChI=1S/C35H39FN4O8.CH4/c1-2-47-35(46)39-18-16-38(17-19-39)34(45)23(13-14-33(43)44)20-30(41)28-21-31(25-9-4-6-11-27(25)37-28)48-22-32(42)40-15-7-12-29(40)24-8-3-5-10-26(24)36;/h3-6,8-11,21,23,29H,2,7,12-20,22H2,1H3,(H,43,44);1H4. The summed E-state index contributed by atoms with van der Waals surface area (Å²) in [4.78, 5) is 73.2. The van der Waals surface area contributed by atoms with Crippen LogP contribution < -0.4 is 4.74 Å². The Morgan fingerprint density at radius 3 is 2.39 bits per heavy atom. The number of carbonyl (C=O) groups is 5. The third kappa shape index (κ3) is 8.89. The molecule has 3 aromatic rings. The number of rotatable bonds is 12. The van der Waals surface area contributed by atoms with Crippen LogP contribution in [0.5, 0.6) is 5.75 Å². The molecule has 2 aromatic carbocycles. The van der Waals surface area contributed by atoms with Crippen LogP contribution in [0.1, 0.15) is 68.5 Å². The molecule has 12 nitrogen and oxygen atoms in total. The lowest BCUT2D eigenvalue weighted by Gasteiger charge is -2.35. The van der Waals surface area contributed by atoms with Crippen molar-refractivity contribution < 1.29 is 42.9 Å². The van der Waals surface area contributed by atoms with Gasteiger partial charge in [0.05, 0.1) is 18.2 Å². The summed E-state index contributed by atoms with van der Waals surface area (Å²) in [6, 6.07) is 14.4. The van der Waals surface area contributed by atoms with Gasteiger partial charge in [-0.3, -0.25) is 19.2 Å². The van der Waals surface area contributed by atoms with E-state index in [2.05, 4.69) is 4.98 Å². The van der Waals surface area contributed by atoms with Gasteiger partial charge in [0.15, 0.2) is 12.4 Å². The summed E-state index contributed by atoms with van der Waals surface area (Å²) in [6.45, 7) is 3.03. The normalized spacial score (nSPS) is 16.5. The average Bonchev–Trinajstić information content (AvgIpc) is 3.58. The molecule has 49 heavy (non-hydrogen) atoms. The van der Waals surface area contributed by atoms with E-state index in [-0.39, 0.29) is 95.2 Å². The van der Waals surface area contributed by atoms with Crippen molar-refractivity contribution in [1.29, 1.82) is 0 Å². The Morgan fingerprint density at radius 2 is 1.67 bits per heavy atom. The molecule has 0 spiro atoms. The number of fused-ring (bicyclic) bond motifs is 1. The van der Waals surface area contributed by atoms with Crippen LogP contribution in [-0.4, -0.2) is 100 Å². The number of aromatic nitrogens is 1. The molecule has 262 valence electrons. The summed E-state index contributed by atoms with van der Waals surface area (Å²) in [7, 11) is 0. The number of benzene rings is 2. The first kappa shape index (κ1) is 36.8. The number of carboxylic acids is 1. The number of carbonyl (C=O) groups excluding carboxylic acids is 4. The number of pyridine rings is 1. The first-order valence-electron chi connectivity index (χ1n) is 16.2. The van der Waals surface area contributed by atoms with Crippen LogP contribution in [-0.2, 0) is 19.1 Å². The smallest absolute Gasteiger partial charge is 0.409 e. The molecular weight excluding hydrogens is 635 g/mol. The van der Waals surface area contributed by atoms with Gasteiger partial charge in [0, 0.05) is 68.5 Å². The van der Waals surface area contributed by atoms with Gasteiger partial charge in [-0.25, -0.2) is 14.2 Å². The predicted molar refractivity (Wildman–Crippen MR) is 179 cm³/mol. The molecule has 2 fully saturated rings. The van der Waals surface area contributed by atoms with Crippen molar-refractivity contribution in [1.82, 2.24) is 19.7 Å². The van der Waals surface area contributed by atoms with Gasteiger partial charge in [0.2, 0.25) is 5.91 Å². The summed E-state index contributed by atoms with van der Waals surface area (Å²) >= 11 is 0. The maximum Gasteiger partial charge on any atom is 0.409 e. The monoisotopic (exact) mass is 678 g/mol. The van der Waals surface area contributed by atoms with E-state index in [1.807, 2.05) is 0 Å². The third-order valence-electron chi connectivity index (χ3n) is 8.76. The topological polar surface area (TPSA) is 147 Å². The number of amides is 3. The molecule has 0 aliphatic carbocycles. The number of ketones is 1. The van der Waals surface area contributed by atoms with Crippen molar-refractivity contribution >= 4 is 40.6 Å². The Morgan fingerprint density at radius 1 is 0.980 bits per heavy atom. The maximum absolute atomic E-state index is 14.5. The molecule has 5 rings (SSSR count). The van der Waals surface area contributed by atoms with Gasteiger partial charge in [-0.2, -0.15) is 0 Å². The molecule has 3 amide bonds. The predicted octanol–water partition coefficient (Wildman–Crippen LogP) is 5.11. The number of aliphatic carboxylic acids is 1. The number of likely N-dealkylation sites (tertiary alicyclic amines) is 1. The lowest BCUT2D eigenvalue weighted by atomic mass is 9.93. The molecular formula is C36H43FN4O8. The number of carboxylic acid groups (broad SMARTS) is 1. The van der Waals surface area contributed by atoms with Gasteiger partial charge in [-0.15, -0.1) is 0 Å². The van der Waals surface area contributed by atoms with E-state index in [1.165, 1.54) is 21.9 Å². The molecule has 3 heterocycles. The number of para-hydroxylation sites is 1. The second kappa shape index (κ2) is 16.8. The van der Waals surface area contributed by atoms with E-state index >= 15 is 0 Å². The molecule has 0 radical (unpaired) electrons. The van der Waals surface area contributed by atoms with Gasteiger partial charge >= 0.3 is 12.1 Å². The van der Waals surface area contributed by atoms with Crippen LogP contribution in [0.3, 0.4) is 0 Å². The van der Waals surface area contributed by atoms with Gasteiger partial charge in [-0.1, -0.05) is 37.8 Å². The zero-order valence-corrected chi connectivity index (χ0v) is 26.8. The maximum atomic E-state index is 14.5. The van der Waals surface area contributed by atoms with E-state index < -0.39 is 29.8 Å². The fourth-order valence-corrected chi connectivity index (χ4v) is 6.28. The zero-order chi connectivity index (χ0) is 34.2. The highest BCUT2D eigenvalue weighted by Gasteiger charge is 2.33. The van der Waals surface area contributed by atoms with Crippen LogP contribution in [0.25, 0.3) is 10.9 Å². The van der Waals surface area contributed by atoms with E-state index in [0.717, 1.165) is 6.42 Å². The number of piperazine rings is 1. The van der Waals surface area contributed by atoms with Crippen LogP contribution >= 0.6 is 0 Å². The zero-order valence-electron chi connectivity index (χ0n) is 26.8. The molecule has 2 atom stereocenters. The lowest BCUT2D eigenvalue weighted by molar-refractivity contribution is -0.140. The van der Waals surface area contributed by atoms with Gasteiger partial charge in [0.1, 0.15) is 17.3 Å². The Bertz CT molecular complexity index is 1680. The number of hydrogen-bond acceptors (Lipinski definition) is 8. The molecule has 2 aliphatic rings. The number of Topliss-reactive ketones (excluding diaryl/α,β-unsaturated/α-hetero) is 1. The summed E-state index contributed by atoms with van der Waals surface area (Å²) in [5.41, 5.74) is 0.917. The van der Waals surface area contributed by atoms with Crippen LogP contribution in [0, 0.1) is 11.7 Å². The largest absolute Gasteiger partial charge is 0.483 e. The number of ether oxygens (including phenoxy) is 2. The minimum absolute atomic E-state index is 0. The lowest BCUT2D eigenvalue weighted by Crippen LogP contribution is -2.52. The summed E-state index contributed by atoms with van der Waals surface area (Å²) in [5.74, 6) is -3.31. The summed E-state index contributed by atoms with van der Waals surface area (Å²) in [6.07, 6.45) is 0.249. The number of halogens is 1. The van der Waals surface area contributed by atoms with Crippen LogP contribution in [0.2, 0.25) is 0 Å². The van der Waals surface area contributed by atoms with E-state index in [0.29, 0.717) is 29.4 Å². The third-order valence-corrected chi connectivity index (χ3v) is 8.76. The first-order valence-corrected chi connectivity index (χ1v) is 16.2. The van der Waals surface area contributed by atoms with Crippen molar-refractivity contribution in [2.45, 2.75) is 52.5 Å². The Balaban J connectivity index is 0.00000541. The van der Waals surface area contributed by atoms with E-state index in [9.17, 15) is 33.5 Å². The minimum atomic E-state index is -1.09. The van der Waals surface area contributed by atoms with Crippen molar-refractivity contribution in [3.63, 3.8) is 0 Å². The Labute approximate surface area is 284 Å². The highest BCUT2D eigenvalue weighted by molar-refractivity contribution is 6.00. The highest BCUT2D eigenvalue weighted by Crippen LogP contribution is 2.34. The SMILES string of the molecule is C.CCOC(=O)N1CCN(C(=O)C(CCC(=O)O)CC(=O)c2cc(OCC(=O)N3CCCC3c3ccccc3F)c3ccccc3n2)CC1. The Kier molecular flexibility index (Phi) is 12.6. The van der Waals surface area contributed by atoms with Crippen molar-refractivity contribution in [2.24, 2.45) is 5.92 Å². The molecule has 13 heteroatoms. The van der Waals surface area contributed by atoms with Crippen molar-refractivity contribution in [3.8, 4) is 5.75 Å². The number of hydrogen-bond donors (Lipinski definition) is 1. The van der Waals surface area contributed by atoms with Gasteiger partial charge in [-0.05, 0) is 44.4 Å². The molecule has 0 saturated carbocycles. The van der Waals surface area contributed by atoms with E-state index in [4.69, 9.17) is 9.47 Å². The molecule has 1 N–H and O–H groups in total. The minimum Gasteiger partial charge on any atom is -0.483 e. The highest BCUT2D eigenvalue weighted by atomic mass is 19.1. The molecule has 2 unspecified atom stereocenters. The van der Waals surface area contributed by atoms with Crippen LogP contribution in [0.15, 0.2) is 54.6 Å².